The molecule has 0 aliphatic carbocycles. The van der Waals surface area contributed by atoms with Crippen molar-refractivity contribution in [2.45, 2.75) is 6.55 Å². The molecule has 72 valence electrons. The average Bonchev–Trinajstić information content (AvgIpc) is 1.91. The van der Waals surface area contributed by atoms with Crippen molar-refractivity contribution in [3.63, 3.8) is 0 Å². The number of hydrogen-bond donors (Lipinski definition) is 2. The summed E-state index contributed by atoms with van der Waals surface area (Å²) in [6, 6.07) is 0. The fraction of sp³-hybridized carbons (Fsp3) is 1.00. The van der Waals surface area contributed by atoms with Gasteiger partial charge in [0, 0.05) is 0 Å². The molecule has 0 heterocycles. The highest BCUT2D eigenvalue weighted by Gasteiger charge is 1.73. The van der Waals surface area contributed by atoms with Crippen molar-refractivity contribution < 1.29 is 0 Å². The predicted octanol–water partition coefficient (Wildman–Crippen LogP) is -0.649. The van der Waals surface area contributed by atoms with Gasteiger partial charge in [-0.05, 0) is 42.3 Å². The Hall–Kier alpha value is 0.0969. The molecule has 0 saturated carbocycles. The highest BCUT2D eigenvalue weighted by molar-refractivity contribution is 6.29. The van der Waals surface area contributed by atoms with E-state index in [1.807, 2.05) is 28.2 Å². The van der Waals surface area contributed by atoms with Gasteiger partial charge in [-0.1, -0.05) is 6.55 Å². The molecule has 0 aliphatic heterocycles. The third kappa shape index (κ3) is 151. The molecule has 0 aromatic heterocycles. The Balaban J connectivity index is -0.0000000933. The van der Waals surface area contributed by atoms with E-state index in [1.54, 1.807) is 0 Å². The summed E-state index contributed by atoms with van der Waals surface area (Å²) in [5.74, 6) is 0. The van der Waals surface area contributed by atoms with Gasteiger partial charge in [0.25, 0.3) is 0 Å². The molecule has 0 aliphatic rings. The zero-order valence-corrected chi connectivity index (χ0v) is 10.6. The average molecular weight is 179 g/mol. The van der Waals surface area contributed by atoms with Crippen LogP contribution in [0.3, 0.4) is 0 Å². The van der Waals surface area contributed by atoms with E-state index in [4.69, 9.17) is 0 Å². The molecule has 2 N–H and O–H groups in total. The third-order valence-corrected chi connectivity index (χ3v) is 1.90. The van der Waals surface area contributed by atoms with Crippen molar-refractivity contribution >= 4 is 9.68 Å². The van der Waals surface area contributed by atoms with Crippen molar-refractivity contribution in [2.24, 2.45) is 0 Å². The first-order valence-electron chi connectivity index (χ1n) is 3.92. The van der Waals surface area contributed by atoms with Crippen molar-refractivity contribution in [3.05, 3.63) is 0 Å². The zero-order chi connectivity index (χ0) is 9.70. The number of rotatable bonds is 1. The normalized spacial score (nSPS) is 8.73. The van der Waals surface area contributed by atoms with Crippen molar-refractivity contribution in [3.8, 4) is 0 Å². The molecule has 4 heteroatoms. The zero-order valence-electron chi connectivity index (χ0n) is 9.15. The van der Waals surface area contributed by atoms with Crippen molar-refractivity contribution in [1.82, 2.24) is 15.2 Å². The molecule has 3 nitrogen and oxygen atoms in total. The van der Waals surface area contributed by atoms with E-state index in [0.29, 0.717) is 0 Å². The van der Waals surface area contributed by atoms with E-state index >= 15 is 0 Å². The molecular weight excluding hydrogens is 154 g/mol. The summed E-state index contributed by atoms with van der Waals surface area (Å²) in [4.78, 5) is 0. The lowest BCUT2D eigenvalue weighted by Gasteiger charge is -1.99. The summed E-state index contributed by atoms with van der Waals surface area (Å²) >= 11 is 0. The maximum atomic E-state index is 2.75. The van der Waals surface area contributed by atoms with Gasteiger partial charge in [0.15, 0.2) is 0 Å². The summed E-state index contributed by atoms with van der Waals surface area (Å²) in [7, 11) is 11.9. The summed E-state index contributed by atoms with van der Waals surface area (Å²) in [6.45, 7) is 2.26. The van der Waals surface area contributed by atoms with Crippen molar-refractivity contribution in [2.75, 3.05) is 42.3 Å². The number of nitrogens with zero attached hydrogens (tertiary/aromatic N) is 1. The van der Waals surface area contributed by atoms with Crippen LogP contribution in [0.25, 0.3) is 0 Å². The van der Waals surface area contributed by atoms with Gasteiger partial charge in [-0.15, -0.1) is 0 Å². The monoisotopic (exact) mass is 179 g/mol. The molecule has 0 atom stereocenters. The fourth-order valence-electron chi connectivity index (χ4n) is 0. The van der Waals surface area contributed by atoms with Gasteiger partial charge in [-0.25, -0.2) is 0 Å². The van der Waals surface area contributed by atoms with Crippen LogP contribution in [0.15, 0.2) is 0 Å². The molecule has 0 aromatic carbocycles. The molecule has 0 bridgehead atoms. The van der Waals surface area contributed by atoms with Gasteiger partial charge >= 0.3 is 0 Å². The van der Waals surface area contributed by atoms with Crippen LogP contribution in [-0.2, 0) is 0 Å². The van der Waals surface area contributed by atoms with E-state index < -0.39 is 0 Å². The highest BCUT2D eigenvalue weighted by Crippen LogP contribution is 1.60. The van der Waals surface area contributed by atoms with Crippen LogP contribution in [0.2, 0.25) is 6.55 Å². The van der Waals surface area contributed by atoms with E-state index in [1.165, 1.54) is 0 Å². The Morgan fingerprint density at radius 3 is 1.00 bits per heavy atom. The number of hydrogen-bond acceptors (Lipinski definition) is 3. The lowest BCUT2D eigenvalue weighted by Crippen LogP contribution is -2.12. The minimum Gasteiger partial charge on any atom is -0.335 e. The standard InChI is InChI=1S/C3H11NSi.2C2H7N/c1-4(2)5-3;2*1-3-2/h5H2,1-3H3;2*3H,1-2H3. The molecule has 0 saturated heterocycles. The summed E-state index contributed by atoms with van der Waals surface area (Å²) < 4.78 is 2.26. The minimum absolute atomic E-state index is 0.182. The van der Waals surface area contributed by atoms with Gasteiger partial charge in [-0.2, -0.15) is 0 Å². The van der Waals surface area contributed by atoms with E-state index in [-0.39, 0.29) is 9.68 Å². The van der Waals surface area contributed by atoms with Crippen molar-refractivity contribution in [1.29, 1.82) is 0 Å². The van der Waals surface area contributed by atoms with Gasteiger partial charge in [0.05, 0.1) is 9.68 Å². The van der Waals surface area contributed by atoms with Crippen LogP contribution >= 0.6 is 0 Å². The number of nitrogens with one attached hydrogen (secondary N) is 2. The largest absolute Gasteiger partial charge is 0.335 e. The van der Waals surface area contributed by atoms with E-state index in [2.05, 4.69) is 35.8 Å². The van der Waals surface area contributed by atoms with Gasteiger partial charge in [0.2, 0.25) is 0 Å². The molecule has 0 spiro atoms. The second kappa shape index (κ2) is 22.5. The molecule has 0 rings (SSSR count). The Bertz CT molecular complexity index is 40.7. The Morgan fingerprint density at radius 1 is 0.909 bits per heavy atom. The first-order chi connectivity index (χ1) is 5.10. The second-order valence-corrected chi connectivity index (χ2v) is 4.29. The Labute approximate surface area is 74.5 Å². The first kappa shape index (κ1) is 17.3. The van der Waals surface area contributed by atoms with Gasteiger partial charge in [0.1, 0.15) is 0 Å². The van der Waals surface area contributed by atoms with Crippen LogP contribution in [0.4, 0.5) is 0 Å². The maximum Gasteiger partial charge on any atom is 0.0913 e. The van der Waals surface area contributed by atoms with Crippen LogP contribution in [0, 0.1) is 0 Å². The van der Waals surface area contributed by atoms with Crippen LogP contribution in [0.5, 0.6) is 0 Å². The second-order valence-electron chi connectivity index (χ2n) is 2.40. The molecule has 11 heavy (non-hydrogen) atoms. The van der Waals surface area contributed by atoms with Crippen LogP contribution in [0.1, 0.15) is 0 Å². The highest BCUT2D eigenvalue weighted by atomic mass is 28.2. The Morgan fingerprint density at radius 2 is 1.00 bits per heavy atom. The smallest absolute Gasteiger partial charge is 0.0913 e. The van der Waals surface area contributed by atoms with Gasteiger partial charge in [-0.3, -0.25) is 0 Å². The lowest BCUT2D eigenvalue weighted by atomic mass is 11.3. The molecule has 0 amide bonds. The summed E-state index contributed by atoms with van der Waals surface area (Å²) in [5.41, 5.74) is 0. The minimum atomic E-state index is 0.182. The third-order valence-electron chi connectivity index (χ3n) is 0.632. The maximum absolute atomic E-state index is 2.75. The van der Waals surface area contributed by atoms with Gasteiger partial charge < -0.3 is 15.2 Å². The Kier molecular flexibility index (Phi) is 35.3. The quantitative estimate of drug-likeness (QED) is 0.524. The summed E-state index contributed by atoms with van der Waals surface area (Å²) in [5, 5.41) is 5.50. The predicted molar refractivity (Wildman–Crippen MR) is 58.1 cm³/mol. The first-order valence-corrected chi connectivity index (χ1v) is 5.96. The molecule has 0 fully saturated rings. The van der Waals surface area contributed by atoms with Crippen LogP contribution < -0.4 is 10.6 Å². The molecule has 0 unspecified atom stereocenters. The molecular formula is C7H25N3Si. The lowest BCUT2D eigenvalue weighted by molar-refractivity contribution is 0.665. The summed E-state index contributed by atoms with van der Waals surface area (Å²) in [6.07, 6.45) is 0. The van der Waals surface area contributed by atoms with E-state index in [9.17, 15) is 0 Å². The van der Waals surface area contributed by atoms with E-state index in [0.717, 1.165) is 0 Å². The SMILES string of the molecule is CNC.CNC.C[SiH2]N(C)C. The molecule has 0 radical (unpaired) electrons. The fourth-order valence-corrected chi connectivity index (χ4v) is 0. The topological polar surface area (TPSA) is 27.3 Å². The van der Waals surface area contributed by atoms with Crippen LogP contribution in [-0.4, -0.2) is 56.5 Å². The molecule has 0 aromatic rings.